The summed E-state index contributed by atoms with van der Waals surface area (Å²) < 4.78 is 10.6. The van der Waals surface area contributed by atoms with E-state index in [-0.39, 0.29) is 6.61 Å². The molecule has 0 amide bonds. The topological polar surface area (TPSA) is 76.1 Å². The number of fused-ring (bicyclic) bond motifs is 2. The van der Waals surface area contributed by atoms with Gasteiger partial charge in [-0.3, -0.25) is 0 Å². The van der Waals surface area contributed by atoms with Crippen molar-refractivity contribution in [1.29, 1.82) is 5.26 Å². The van der Waals surface area contributed by atoms with Crippen molar-refractivity contribution in [3.8, 4) is 6.07 Å². The third-order valence-electron chi connectivity index (χ3n) is 4.75. The highest BCUT2D eigenvalue weighted by atomic mass is 16.5. The van der Waals surface area contributed by atoms with Gasteiger partial charge in [0.1, 0.15) is 11.8 Å². The zero-order valence-electron chi connectivity index (χ0n) is 14.9. The molecule has 1 aliphatic rings. The quantitative estimate of drug-likeness (QED) is 0.638. The standard InChI is InChI=1S/C22H18N2O3/c1-14-11-15(13-16-5-4-9-26-16)21-18(12-14)20(22(25)27-10-8-23)17-6-2-3-7-19(17)24-21/h2-7,9,13-14H,10-12H2,1H3/b15-13-/t14-/m1/s1. The number of rotatable bonds is 3. The first kappa shape index (κ1) is 17.0. The molecule has 2 aromatic heterocycles. The van der Waals surface area contributed by atoms with E-state index in [9.17, 15) is 4.79 Å². The van der Waals surface area contributed by atoms with Crippen LogP contribution >= 0.6 is 0 Å². The number of ether oxygens (including phenoxy) is 1. The molecular formula is C22H18N2O3. The van der Waals surface area contributed by atoms with Crippen molar-refractivity contribution >= 4 is 28.5 Å². The molecule has 4 rings (SSSR count). The molecule has 0 radical (unpaired) electrons. The number of aromatic nitrogens is 1. The van der Waals surface area contributed by atoms with Crippen LogP contribution in [0.2, 0.25) is 0 Å². The van der Waals surface area contributed by atoms with Crippen molar-refractivity contribution in [2.45, 2.75) is 19.8 Å². The van der Waals surface area contributed by atoms with Crippen LogP contribution in [0, 0.1) is 17.2 Å². The Labute approximate surface area is 156 Å². The summed E-state index contributed by atoms with van der Waals surface area (Å²) in [5, 5.41) is 9.54. The second-order valence-corrected chi connectivity index (χ2v) is 6.76. The van der Waals surface area contributed by atoms with Gasteiger partial charge in [0.2, 0.25) is 0 Å². The number of carbonyl (C=O) groups is 1. The Kier molecular flexibility index (Phi) is 4.47. The summed E-state index contributed by atoms with van der Waals surface area (Å²) in [4.78, 5) is 17.6. The molecule has 1 atom stereocenters. The SMILES string of the molecule is C[C@@H]1C/C(=C/c2ccco2)c2nc3ccccc3c(C(=O)OCC#N)c2C1. The molecule has 0 unspecified atom stereocenters. The lowest BCUT2D eigenvalue weighted by atomic mass is 9.81. The number of esters is 1. The summed E-state index contributed by atoms with van der Waals surface area (Å²) in [7, 11) is 0. The molecule has 0 spiro atoms. The highest BCUT2D eigenvalue weighted by molar-refractivity contribution is 6.06. The molecule has 0 saturated carbocycles. The normalized spacial score (nSPS) is 17.5. The van der Waals surface area contributed by atoms with Crippen LogP contribution in [-0.2, 0) is 11.2 Å². The van der Waals surface area contributed by atoms with Crippen LogP contribution in [0.1, 0.15) is 40.7 Å². The fraction of sp³-hybridized carbons (Fsp3) is 0.227. The van der Waals surface area contributed by atoms with Gasteiger partial charge in [-0.25, -0.2) is 9.78 Å². The number of para-hydroxylation sites is 1. The van der Waals surface area contributed by atoms with Gasteiger partial charge < -0.3 is 9.15 Å². The van der Waals surface area contributed by atoms with Crippen molar-refractivity contribution in [1.82, 2.24) is 4.98 Å². The number of allylic oxidation sites excluding steroid dienone is 1. The molecule has 0 fully saturated rings. The first-order valence-electron chi connectivity index (χ1n) is 8.87. The van der Waals surface area contributed by atoms with Crippen LogP contribution < -0.4 is 0 Å². The van der Waals surface area contributed by atoms with Gasteiger partial charge in [-0.05, 0) is 54.2 Å². The van der Waals surface area contributed by atoms with E-state index in [2.05, 4.69) is 6.92 Å². The van der Waals surface area contributed by atoms with Crippen molar-refractivity contribution in [3.05, 3.63) is 65.2 Å². The number of carbonyl (C=O) groups excluding carboxylic acids is 1. The second-order valence-electron chi connectivity index (χ2n) is 6.76. The third kappa shape index (κ3) is 3.22. The average Bonchev–Trinajstić information content (AvgIpc) is 3.17. The van der Waals surface area contributed by atoms with E-state index < -0.39 is 5.97 Å². The molecular weight excluding hydrogens is 340 g/mol. The maximum absolute atomic E-state index is 12.8. The van der Waals surface area contributed by atoms with Gasteiger partial charge in [0, 0.05) is 5.39 Å². The Morgan fingerprint density at radius 2 is 2.19 bits per heavy atom. The fourth-order valence-corrected chi connectivity index (χ4v) is 3.68. The van der Waals surface area contributed by atoms with Gasteiger partial charge in [0.15, 0.2) is 6.61 Å². The Morgan fingerprint density at radius 1 is 1.33 bits per heavy atom. The lowest BCUT2D eigenvalue weighted by Gasteiger charge is -2.26. The molecule has 1 aliphatic carbocycles. The van der Waals surface area contributed by atoms with Crippen molar-refractivity contribution in [2.75, 3.05) is 6.61 Å². The minimum absolute atomic E-state index is 0.269. The smallest absolute Gasteiger partial charge is 0.340 e. The summed E-state index contributed by atoms with van der Waals surface area (Å²) in [6.07, 6.45) is 5.21. The molecule has 2 heterocycles. The van der Waals surface area contributed by atoms with Crippen LogP contribution in [0.4, 0.5) is 0 Å². The van der Waals surface area contributed by atoms with E-state index in [1.165, 1.54) is 0 Å². The van der Waals surface area contributed by atoms with Crippen LogP contribution in [0.25, 0.3) is 22.6 Å². The number of hydrogen-bond donors (Lipinski definition) is 0. The van der Waals surface area contributed by atoms with Gasteiger partial charge in [-0.1, -0.05) is 25.1 Å². The van der Waals surface area contributed by atoms with Crippen LogP contribution in [0.15, 0.2) is 47.1 Å². The van der Waals surface area contributed by atoms with Crippen molar-refractivity contribution < 1.29 is 13.9 Å². The second kappa shape index (κ2) is 7.08. The maximum atomic E-state index is 12.8. The lowest BCUT2D eigenvalue weighted by molar-refractivity contribution is 0.0555. The molecule has 0 N–H and O–H groups in total. The molecule has 134 valence electrons. The van der Waals surface area contributed by atoms with Crippen LogP contribution in [-0.4, -0.2) is 17.6 Å². The minimum atomic E-state index is -0.474. The number of hydrogen-bond acceptors (Lipinski definition) is 5. The summed E-state index contributed by atoms with van der Waals surface area (Å²) in [5.41, 5.74) is 3.99. The highest BCUT2D eigenvalue weighted by Gasteiger charge is 2.28. The van der Waals surface area contributed by atoms with Gasteiger partial charge in [0.05, 0.1) is 23.0 Å². The molecule has 5 heteroatoms. The van der Waals surface area contributed by atoms with E-state index >= 15 is 0 Å². The van der Waals surface area contributed by atoms with Gasteiger partial charge in [-0.2, -0.15) is 5.26 Å². The van der Waals surface area contributed by atoms with E-state index in [1.807, 2.05) is 48.5 Å². The Bertz CT molecular complexity index is 1070. The maximum Gasteiger partial charge on any atom is 0.340 e. The van der Waals surface area contributed by atoms with E-state index in [1.54, 1.807) is 6.26 Å². The predicted octanol–water partition coefficient (Wildman–Crippen LogP) is 4.63. The zero-order valence-corrected chi connectivity index (χ0v) is 14.9. The number of pyridine rings is 1. The first-order valence-corrected chi connectivity index (χ1v) is 8.87. The number of nitrogens with zero attached hydrogens (tertiary/aromatic N) is 2. The molecule has 27 heavy (non-hydrogen) atoms. The molecule has 0 aliphatic heterocycles. The summed E-state index contributed by atoms with van der Waals surface area (Å²) in [6.45, 7) is 1.88. The third-order valence-corrected chi connectivity index (χ3v) is 4.75. The van der Waals surface area contributed by atoms with E-state index in [0.29, 0.717) is 11.5 Å². The number of benzene rings is 1. The average molecular weight is 358 g/mol. The minimum Gasteiger partial charge on any atom is -0.465 e. The Morgan fingerprint density at radius 3 is 2.96 bits per heavy atom. The molecule has 5 nitrogen and oxygen atoms in total. The largest absolute Gasteiger partial charge is 0.465 e. The molecule has 3 aromatic rings. The summed E-state index contributed by atoms with van der Waals surface area (Å²) >= 11 is 0. The fourth-order valence-electron chi connectivity index (χ4n) is 3.68. The first-order chi connectivity index (χ1) is 13.2. The monoisotopic (exact) mass is 358 g/mol. The van der Waals surface area contributed by atoms with E-state index in [0.717, 1.165) is 46.3 Å². The van der Waals surface area contributed by atoms with Crippen LogP contribution in [0.5, 0.6) is 0 Å². The number of nitriles is 1. The van der Waals surface area contributed by atoms with Gasteiger partial charge >= 0.3 is 5.97 Å². The number of furan rings is 1. The van der Waals surface area contributed by atoms with Crippen LogP contribution in [0.3, 0.4) is 0 Å². The van der Waals surface area contributed by atoms with E-state index in [4.69, 9.17) is 19.4 Å². The van der Waals surface area contributed by atoms with Gasteiger partial charge in [-0.15, -0.1) is 0 Å². The molecule has 0 bridgehead atoms. The highest BCUT2D eigenvalue weighted by Crippen LogP contribution is 2.38. The zero-order chi connectivity index (χ0) is 18.8. The van der Waals surface area contributed by atoms with Gasteiger partial charge in [0.25, 0.3) is 0 Å². The Hall–Kier alpha value is -3.39. The van der Waals surface area contributed by atoms with Crippen molar-refractivity contribution in [3.63, 3.8) is 0 Å². The molecule has 0 saturated heterocycles. The summed E-state index contributed by atoms with van der Waals surface area (Å²) in [6, 6.07) is 13.1. The molecule has 1 aromatic carbocycles. The summed E-state index contributed by atoms with van der Waals surface area (Å²) in [5.74, 6) is 0.635. The Balaban J connectivity index is 1.95. The predicted molar refractivity (Wildman–Crippen MR) is 102 cm³/mol. The van der Waals surface area contributed by atoms with Crippen molar-refractivity contribution in [2.24, 2.45) is 5.92 Å². The lowest BCUT2D eigenvalue weighted by Crippen LogP contribution is -2.19.